The van der Waals surface area contributed by atoms with Crippen molar-refractivity contribution in [2.75, 3.05) is 6.54 Å². The average molecular weight is 319 g/mol. The number of benzene rings is 2. The van der Waals surface area contributed by atoms with Gasteiger partial charge in [0.2, 0.25) is 0 Å². The van der Waals surface area contributed by atoms with Gasteiger partial charge in [-0.05, 0) is 31.5 Å². The minimum absolute atomic E-state index is 0.301. The molecular weight excluding hydrogens is 303 g/mol. The summed E-state index contributed by atoms with van der Waals surface area (Å²) in [5.41, 5.74) is 6.55. The maximum Gasteiger partial charge on any atom is 0.161 e. The molecule has 6 heteroatoms. The Morgan fingerprint density at radius 3 is 2.43 bits per heavy atom. The maximum absolute atomic E-state index is 14.1. The van der Waals surface area contributed by atoms with Crippen LogP contribution in [-0.2, 0) is 6.54 Å². The fourth-order valence-corrected chi connectivity index (χ4v) is 2.61. The molecule has 120 valence electrons. The van der Waals surface area contributed by atoms with Gasteiger partial charge in [-0.1, -0.05) is 12.1 Å². The molecule has 0 spiro atoms. The Kier molecular flexibility index (Phi) is 4.34. The molecule has 3 rings (SSSR count). The van der Waals surface area contributed by atoms with Gasteiger partial charge in [0, 0.05) is 18.7 Å². The summed E-state index contributed by atoms with van der Waals surface area (Å²) in [6.07, 6.45) is 1.52. The lowest BCUT2D eigenvalue weighted by Crippen LogP contribution is -2.05. The topological polar surface area (TPSA) is 43.8 Å². The zero-order valence-corrected chi connectivity index (χ0v) is 12.4. The van der Waals surface area contributed by atoms with Gasteiger partial charge in [0.15, 0.2) is 11.6 Å². The van der Waals surface area contributed by atoms with Crippen LogP contribution in [0.4, 0.5) is 13.2 Å². The molecule has 0 aliphatic carbocycles. The Morgan fingerprint density at radius 2 is 1.70 bits per heavy atom. The number of imidazole rings is 1. The number of hydrogen-bond donors (Lipinski definition) is 1. The van der Waals surface area contributed by atoms with E-state index in [-0.39, 0.29) is 0 Å². The molecule has 1 aromatic heterocycles. The monoisotopic (exact) mass is 319 g/mol. The molecule has 0 radical (unpaired) electrons. The van der Waals surface area contributed by atoms with E-state index in [9.17, 15) is 13.2 Å². The smallest absolute Gasteiger partial charge is 0.161 e. The van der Waals surface area contributed by atoms with Crippen LogP contribution < -0.4 is 5.73 Å². The van der Waals surface area contributed by atoms with Gasteiger partial charge in [-0.2, -0.15) is 0 Å². The van der Waals surface area contributed by atoms with Crippen molar-refractivity contribution in [3.63, 3.8) is 0 Å². The van der Waals surface area contributed by atoms with E-state index < -0.39 is 17.5 Å². The summed E-state index contributed by atoms with van der Waals surface area (Å²) in [4.78, 5) is 4.31. The van der Waals surface area contributed by atoms with E-state index in [1.165, 1.54) is 6.07 Å². The molecule has 0 fully saturated rings. The third kappa shape index (κ3) is 2.94. The van der Waals surface area contributed by atoms with Crippen LogP contribution in [-0.4, -0.2) is 16.1 Å². The van der Waals surface area contributed by atoms with Gasteiger partial charge in [0.25, 0.3) is 0 Å². The van der Waals surface area contributed by atoms with E-state index in [2.05, 4.69) is 4.98 Å². The van der Waals surface area contributed by atoms with E-state index in [0.717, 1.165) is 25.0 Å². The van der Waals surface area contributed by atoms with Gasteiger partial charge in [0.1, 0.15) is 11.6 Å². The van der Waals surface area contributed by atoms with Crippen molar-refractivity contribution in [1.82, 2.24) is 9.55 Å². The molecule has 23 heavy (non-hydrogen) atoms. The van der Waals surface area contributed by atoms with Crippen LogP contribution in [0.25, 0.3) is 22.4 Å². The second-order valence-corrected chi connectivity index (χ2v) is 5.32. The van der Waals surface area contributed by atoms with Crippen molar-refractivity contribution < 1.29 is 13.2 Å². The van der Waals surface area contributed by atoms with E-state index in [0.29, 0.717) is 35.5 Å². The molecule has 0 saturated carbocycles. The first-order valence-corrected chi connectivity index (χ1v) is 7.42. The Morgan fingerprint density at radius 1 is 0.957 bits per heavy atom. The summed E-state index contributed by atoms with van der Waals surface area (Å²) in [5, 5.41) is 0. The number of aryl methyl sites for hydroxylation is 1. The minimum Gasteiger partial charge on any atom is -0.330 e. The Hall–Kier alpha value is -2.34. The normalized spacial score (nSPS) is 11.3. The number of unbranched alkanes of at least 4 members (excludes halogenated alkanes) is 1. The lowest BCUT2D eigenvalue weighted by atomic mass is 10.2. The van der Waals surface area contributed by atoms with Crippen LogP contribution in [0, 0.1) is 17.5 Å². The number of nitrogens with two attached hydrogens (primary N) is 1. The molecule has 0 saturated heterocycles. The maximum atomic E-state index is 14.1. The molecule has 2 aromatic carbocycles. The Bertz CT molecular complexity index is 842. The van der Waals surface area contributed by atoms with E-state index in [4.69, 9.17) is 5.73 Å². The van der Waals surface area contributed by atoms with Crippen LogP contribution in [0.1, 0.15) is 12.8 Å². The molecule has 0 atom stereocenters. The van der Waals surface area contributed by atoms with Crippen LogP contribution >= 0.6 is 0 Å². The summed E-state index contributed by atoms with van der Waals surface area (Å²) in [6.45, 7) is 1.03. The number of hydrogen-bond acceptors (Lipinski definition) is 2. The van der Waals surface area contributed by atoms with Crippen LogP contribution in [0.15, 0.2) is 36.4 Å². The largest absolute Gasteiger partial charge is 0.330 e. The first-order valence-electron chi connectivity index (χ1n) is 7.42. The number of aromatic nitrogens is 2. The Labute approximate surface area is 131 Å². The standard InChI is InChI=1S/C17H16F3N3/c18-12-6-2-1-5-11(12)17-22-15-9-13(19)14(20)10-16(15)23(17)8-4-3-7-21/h1-2,5-6,9-10H,3-4,7-8,21H2. The van der Waals surface area contributed by atoms with Crippen molar-refractivity contribution in [1.29, 1.82) is 0 Å². The van der Waals surface area contributed by atoms with E-state index in [1.807, 2.05) is 0 Å². The van der Waals surface area contributed by atoms with Crippen molar-refractivity contribution in [2.24, 2.45) is 5.73 Å². The van der Waals surface area contributed by atoms with Crippen molar-refractivity contribution in [3.8, 4) is 11.4 Å². The first kappa shape index (κ1) is 15.6. The molecule has 3 aromatic rings. The van der Waals surface area contributed by atoms with Crippen LogP contribution in [0.2, 0.25) is 0 Å². The number of nitrogens with zero attached hydrogens (tertiary/aromatic N) is 2. The summed E-state index contributed by atoms with van der Waals surface area (Å²) in [5.74, 6) is -1.98. The number of halogens is 3. The predicted molar refractivity (Wildman–Crippen MR) is 83.3 cm³/mol. The van der Waals surface area contributed by atoms with E-state index >= 15 is 0 Å². The quantitative estimate of drug-likeness (QED) is 0.726. The zero-order valence-electron chi connectivity index (χ0n) is 12.4. The highest BCUT2D eigenvalue weighted by molar-refractivity contribution is 5.81. The highest BCUT2D eigenvalue weighted by Gasteiger charge is 2.17. The van der Waals surface area contributed by atoms with Crippen LogP contribution in [0.3, 0.4) is 0 Å². The minimum atomic E-state index is -0.968. The second kappa shape index (κ2) is 6.42. The predicted octanol–water partition coefficient (Wildman–Crippen LogP) is 3.86. The van der Waals surface area contributed by atoms with Gasteiger partial charge in [0.05, 0.1) is 16.6 Å². The molecule has 0 bridgehead atoms. The highest BCUT2D eigenvalue weighted by Crippen LogP contribution is 2.28. The van der Waals surface area contributed by atoms with Crippen LogP contribution in [0.5, 0.6) is 0 Å². The average Bonchev–Trinajstić information content (AvgIpc) is 2.86. The molecule has 0 aliphatic heterocycles. The second-order valence-electron chi connectivity index (χ2n) is 5.32. The van der Waals surface area contributed by atoms with Gasteiger partial charge in [-0.3, -0.25) is 0 Å². The number of fused-ring (bicyclic) bond motifs is 1. The van der Waals surface area contributed by atoms with Gasteiger partial charge >= 0.3 is 0 Å². The molecule has 1 heterocycles. The third-order valence-electron chi connectivity index (χ3n) is 3.74. The van der Waals surface area contributed by atoms with Crippen molar-refractivity contribution in [2.45, 2.75) is 19.4 Å². The molecule has 2 N–H and O–H groups in total. The fourth-order valence-electron chi connectivity index (χ4n) is 2.61. The summed E-state index contributed by atoms with van der Waals surface area (Å²) < 4.78 is 42.9. The molecule has 0 amide bonds. The lowest BCUT2D eigenvalue weighted by molar-refractivity contribution is 0.510. The summed E-state index contributed by atoms with van der Waals surface area (Å²) in [6, 6.07) is 8.35. The third-order valence-corrected chi connectivity index (χ3v) is 3.74. The van der Waals surface area contributed by atoms with E-state index in [1.54, 1.807) is 22.8 Å². The van der Waals surface area contributed by atoms with Gasteiger partial charge < -0.3 is 10.3 Å². The zero-order chi connectivity index (χ0) is 16.4. The molecule has 0 aliphatic rings. The van der Waals surface area contributed by atoms with Gasteiger partial charge in [-0.15, -0.1) is 0 Å². The molecule has 0 unspecified atom stereocenters. The summed E-state index contributed by atoms with van der Waals surface area (Å²) in [7, 11) is 0. The highest BCUT2D eigenvalue weighted by atomic mass is 19.2. The fraction of sp³-hybridized carbons (Fsp3) is 0.235. The molecular formula is C17H16F3N3. The van der Waals surface area contributed by atoms with Gasteiger partial charge in [-0.25, -0.2) is 18.2 Å². The lowest BCUT2D eigenvalue weighted by Gasteiger charge is -2.09. The first-order chi connectivity index (χ1) is 11.1. The summed E-state index contributed by atoms with van der Waals surface area (Å²) >= 11 is 0. The number of rotatable bonds is 5. The van der Waals surface area contributed by atoms with Crippen molar-refractivity contribution in [3.05, 3.63) is 53.8 Å². The van der Waals surface area contributed by atoms with Crippen molar-refractivity contribution >= 4 is 11.0 Å². The Balaban J connectivity index is 2.19. The SMILES string of the molecule is NCCCCn1c(-c2ccccc2F)nc2cc(F)c(F)cc21. The molecule has 3 nitrogen and oxygen atoms in total.